The molecule has 2 aromatic rings. The first kappa shape index (κ1) is 12.9. The first-order chi connectivity index (χ1) is 8.69. The minimum atomic E-state index is 0.866. The molecule has 1 aromatic heterocycles. The van der Waals surface area contributed by atoms with Crippen LogP contribution in [0.15, 0.2) is 41.0 Å². The van der Waals surface area contributed by atoms with Gasteiger partial charge in [-0.05, 0) is 53.5 Å². The van der Waals surface area contributed by atoms with Crippen molar-refractivity contribution in [2.75, 3.05) is 17.2 Å². The Morgan fingerprint density at radius 3 is 2.83 bits per heavy atom. The maximum absolute atomic E-state index is 4.25. The summed E-state index contributed by atoms with van der Waals surface area (Å²) in [6.45, 7) is 5.00. The number of pyridine rings is 1. The van der Waals surface area contributed by atoms with Crippen LogP contribution in [0, 0.1) is 6.92 Å². The van der Waals surface area contributed by atoms with Crippen LogP contribution in [0.3, 0.4) is 0 Å². The lowest BCUT2D eigenvalue weighted by molar-refractivity contribution is 1.16. The molecule has 94 valence electrons. The minimum Gasteiger partial charge on any atom is -0.370 e. The van der Waals surface area contributed by atoms with E-state index >= 15 is 0 Å². The minimum absolute atomic E-state index is 0.866. The molecule has 0 aliphatic heterocycles. The van der Waals surface area contributed by atoms with E-state index in [1.165, 1.54) is 5.56 Å². The van der Waals surface area contributed by atoms with Crippen LogP contribution in [-0.2, 0) is 0 Å². The van der Waals surface area contributed by atoms with Gasteiger partial charge in [0, 0.05) is 29.0 Å². The Morgan fingerprint density at radius 2 is 2.06 bits per heavy atom. The highest BCUT2D eigenvalue weighted by molar-refractivity contribution is 9.10. The molecule has 1 aromatic carbocycles. The Morgan fingerprint density at radius 1 is 1.22 bits per heavy atom. The van der Waals surface area contributed by atoms with Crippen LogP contribution >= 0.6 is 15.9 Å². The summed E-state index contributed by atoms with van der Waals surface area (Å²) in [6.07, 6.45) is 1.80. The number of rotatable bonds is 4. The third-order valence-corrected chi connectivity index (χ3v) is 3.21. The van der Waals surface area contributed by atoms with Crippen LogP contribution in [0.4, 0.5) is 17.2 Å². The molecule has 0 fully saturated rings. The number of aromatic nitrogens is 1. The molecule has 2 N–H and O–H groups in total. The van der Waals surface area contributed by atoms with Crippen molar-refractivity contribution in [3.63, 3.8) is 0 Å². The molecular formula is C14H16BrN3. The van der Waals surface area contributed by atoms with Gasteiger partial charge in [-0.2, -0.15) is 0 Å². The van der Waals surface area contributed by atoms with Gasteiger partial charge in [-0.25, -0.2) is 4.98 Å². The number of halogens is 1. The van der Waals surface area contributed by atoms with Gasteiger partial charge in [-0.1, -0.05) is 6.07 Å². The van der Waals surface area contributed by atoms with Gasteiger partial charge in [-0.3, -0.25) is 0 Å². The highest BCUT2D eigenvalue weighted by atomic mass is 79.9. The molecule has 0 saturated heterocycles. The Labute approximate surface area is 116 Å². The highest BCUT2D eigenvalue weighted by Crippen LogP contribution is 2.27. The standard InChI is InChI=1S/C14H16BrN3/c1-3-16-14-9-11(6-7-17-14)18-13-8-10(2)4-5-12(13)15/h4-9H,3H2,1-2H3,(H2,16,17,18). The van der Waals surface area contributed by atoms with Gasteiger partial charge in [0.05, 0.1) is 5.69 Å². The molecule has 0 aliphatic carbocycles. The van der Waals surface area contributed by atoms with Gasteiger partial charge in [0.25, 0.3) is 0 Å². The maximum Gasteiger partial charge on any atom is 0.127 e. The summed E-state index contributed by atoms with van der Waals surface area (Å²) in [5, 5.41) is 6.58. The zero-order chi connectivity index (χ0) is 13.0. The fraction of sp³-hybridized carbons (Fsp3) is 0.214. The summed E-state index contributed by atoms with van der Waals surface area (Å²) in [6, 6.07) is 10.2. The molecule has 2 rings (SSSR count). The zero-order valence-corrected chi connectivity index (χ0v) is 12.1. The topological polar surface area (TPSA) is 37.0 Å². The first-order valence-electron chi connectivity index (χ1n) is 5.92. The number of nitrogens with one attached hydrogen (secondary N) is 2. The Kier molecular flexibility index (Phi) is 4.20. The SMILES string of the molecule is CCNc1cc(Nc2cc(C)ccc2Br)ccn1. The molecule has 4 heteroatoms. The molecule has 3 nitrogen and oxygen atoms in total. The van der Waals surface area contributed by atoms with Crippen LogP contribution in [-0.4, -0.2) is 11.5 Å². The maximum atomic E-state index is 4.25. The summed E-state index contributed by atoms with van der Waals surface area (Å²) >= 11 is 3.54. The number of hydrogen-bond donors (Lipinski definition) is 2. The van der Waals surface area contributed by atoms with Gasteiger partial charge < -0.3 is 10.6 Å². The Hall–Kier alpha value is -1.55. The molecule has 18 heavy (non-hydrogen) atoms. The number of anilines is 3. The van der Waals surface area contributed by atoms with Gasteiger partial charge in [0.1, 0.15) is 5.82 Å². The molecule has 0 atom stereocenters. The summed E-state index contributed by atoms with van der Waals surface area (Å²) < 4.78 is 1.05. The van der Waals surface area contributed by atoms with Gasteiger partial charge in [0.2, 0.25) is 0 Å². The first-order valence-corrected chi connectivity index (χ1v) is 6.71. The number of aryl methyl sites for hydroxylation is 1. The monoisotopic (exact) mass is 305 g/mol. The van der Waals surface area contributed by atoms with E-state index < -0.39 is 0 Å². The lowest BCUT2D eigenvalue weighted by atomic mass is 10.2. The predicted octanol–water partition coefficient (Wildman–Crippen LogP) is 4.33. The Balaban J connectivity index is 2.22. The Bertz CT molecular complexity index is 540. The quantitative estimate of drug-likeness (QED) is 0.883. The number of hydrogen-bond acceptors (Lipinski definition) is 3. The van der Waals surface area contributed by atoms with Crippen molar-refractivity contribution in [1.29, 1.82) is 0 Å². The van der Waals surface area contributed by atoms with Crippen molar-refractivity contribution in [3.8, 4) is 0 Å². The van der Waals surface area contributed by atoms with Crippen LogP contribution < -0.4 is 10.6 Å². The van der Waals surface area contributed by atoms with E-state index in [4.69, 9.17) is 0 Å². The van der Waals surface area contributed by atoms with E-state index in [2.05, 4.69) is 57.5 Å². The lowest BCUT2D eigenvalue weighted by Gasteiger charge is -2.10. The molecule has 0 unspecified atom stereocenters. The third kappa shape index (κ3) is 3.23. The normalized spacial score (nSPS) is 10.2. The highest BCUT2D eigenvalue weighted by Gasteiger charge is 2.01. The van der Waals surface area contributed by atoms with Gasteiger partial charge in [0.15, 0.2) is 0 Å². The summed E-state index contributed by atoms with van der Waals surface area (Å²) in [5.74, 6) is 0.881. The zero-order valence-electron chi connectivity index (χ0n) is 10.5. The van der Waals surface area contributed by atoms with Crippen LogP contribution in [0.1, 0.15) is 12.5 Å². The molecule has 0 radical (unpaired) electrons. The van der Waals surface area contributed by atoms with Crippen LogP contribution in [0.2, 0.25) is 0 Å². The van der Waals surface area contributed by atoms with Crippen molar-refractivity contribution < 1.29 is 0 Å². The van der Waals surface area contributed by atoms with E-state index in [0.717, 1.165) is 28.2 Å². The average molecular weight is 306 g/mol. The van der Waals surface area contributed by atoms with Crippen molar-refractivity contribution in [2.24, 2.45) is 0 Å². The molecular weight excluding hydrogens is 290 g/mol. The second kappa shape index (κ2) is 5.87. The van der Waals surface area contributed by atoms with Crippen molar-refractivity contribution in [3.05, 3.63) is 46.6 Å². The largest absolute Gasteiger partial charge is 0.370 e. The molecule has 0 saturated carbocycles. The fourth-order valence-electron chi connectivity index (χ4n) is 1.68. The molecule has 0 amide bonds. The summed E-state index contributed by atoms with van der Waals surface area (Å²) in [5.41, 5.74) is 3.30. The van der Waals surface area contributed by atoms with Crippen LogP contribution in [0.25, 0.3) is 0 Å². The van der Waals surface area contributed by atoms with Crippen molar-refractivity contribution in [2.45, 2.75) is 13.8 Å². The number of benzene rings is 1. The average Bonchev–Trinajstić information content (AvgIpc) is 2.35. The second-order valence-electron chi connectivity index (χ2n) is 4.07. The second-order valence-corrected chi connectivity index (χ2v) is 4.92. The lowest BCUT2D eigenvalue weighted by Crippen LogP contribution is -2.00. The fourth-order valence-corrected chi connectivity index (χ4v) is 2.02. The third-order valence-electron chi connectivity index (χ3n) is 2.52. The smallest absolute Gasteiger partial charge is 0.127 e. The van der Waals surface area contributed by atoms with Crippen molar-refractivity contribution in [1.82, 2.24) is 4.98 Å². The van der Waals surface area contributed by atoms with E-state index in [0.29, 0.717) is 0 Å². The number of nitrogens with zero attached hydrogens (tertiary/aromatic N) is 1. The van der Waals surface area contributed by atoms with E-state index in [-0.39, 0.29) is 0 Å². The van der Waals surface area contributed by atoms with E-state index in [1.54, 1.807) is 6.20 Å². The summed E-state index contributed by atoms with van der Waals surface area (Å²) in [7, 11) is 0. The molecule has 0 spiro atoms. The van der Waals surface area contributed by atoms with Gasteiger partial charge in [-0.15, -0.1) is 0 Å². The van der Waals surface area contributed by atoms with Crippen molar-refractivity contribution >= 4 is 33.1 Å². The molecule has 1 heterocycles. The van der Waals surface area contributed by atoms with E-state index in [9.17, 15) is 0 Å². The van der Waals surface area contributed by atoms with E-state index in [1.807, 2.05) is 18.2 Å². The van der Waals surface area contributed by atoms with Crippen LogP contribution in [0.5, 0.6) is 0 Å². The predicted molar refractivity (Wildman–Crippen MR) is 80.6 cm³/mol. The molecule has 0 aliphatic rings. The summed E-state index contributed by atoms with van der Waals surface area (Å²) in [4.78, 5) is 4.25. The van der Waals surface area contributed by atoms with Gasteiger partial charge >= 0.3 is 0 Å². The molecule has 0 bridgehead atoms.